The van der Waals surface area contributed by atoms with Crippen molar-refractivity contribution < 1.29 is 4.74 Å². The van der Waals surface area contributed by atoms with Crippen LogP contribution < -0.4 is 4.74 Å². The molecule has 0 aliphatic carbocycles. The zero-order valence-corrected chi connectivity index (χ0v) is 15.2. The summed E-state index contributed by atoms with van der Waals surface area (Å²) < 4.78 is 5.31. The van der Waals surface area contributed by atoms with E-state index in [1.54, 1.807) is 31.0 Å². The number of rotatable bonds is 6. The fourth-order valence-corrected chi connectivity index (χ4v) is 3.15. The monoisotopic (exact) mass is 358 g/mol. The number of thioether (sulfide) groups is 1. The molecule has 1 heterocycles. The molecule has 0 N–H and O–H groups in total. The molecule has 3 nitrogen and oxygen atoms in total. The maximum atomic E-state index is 6.20. The van der Waals surface area contributed by atoms with Gasteiger partial charge in [0, 0.05) is 11.3 Å². The van der Waals surface area contributed by atoms with Gasteiger partial charge in [-0.2, -0.15) is 0 Å². The van der Waals surface area contributed by atoms with Crippen LogP contribution >= 0.6 is 23.4 Å². The molecule has 124 valence electrons. The van der Waals surface area contributed by atoms with Gasteiger partial charge in [0.1, 0.15) is 5.75 Å². The van der Waals surface area contributed by atoms with Gasteiger partial charge in [-0.05, 0) is 24.3 Å². The smallest absolute Gasteiger partial charge is 0.173 e. The molecule has 0 unspecified atom stereocenters. The molecule has 24 heavy (non-hydrogen) atoms. The normalized spacial score (nSPS) is 13.9. The van der Waals surface area contributed by atoms with E-state index in [9.17, 15) is 0 Å². The van der Waals surface area contributed by atoms with Crippen molar-refractivity contribution in [1.82, 2.24) is 4.90 Å². The second-order valence-corrected chi connectivity index (χ2v) is 6.30. The molecule has 0 saturated carbocycles. The molecule has 1 aromatic carbocycles. The molecule has 0 fully saturated rings. The van der Waals surface area contributed by atoms with Crippen molar-refractivity contribution in [2.24, 2.45) is 4.99 Å². The van der Waals surface area contributed by atoms with Gasteiger partial charge in [0.05, 0.1) is 29.2 Å². The lowest BCUT2D eigenvalue weighted by Gasteiger charge is -2.33. The predicted molar refractivity (Wildman–Crippen MR) is 107 cm³/mol. The van der Waals surface area contributed by atoms with Crippen LogP contribution in [0.15, 0.2) is 78.5 Å². The third kappa shape index (κ3) is 3.66. The van der Waals surface area contributed by atoms with Crippen molar-refractivity contribution in [3.05, 3.63) is 79.0 Å². The van der Waals surface area contributed by atoms with Gasteiger partial charge in [0.2, 0.25) is 0 Å². The number of methoxy groups -OCH3 is 1. The molecular weight excluding hydrogens is 340 g/mol. The number of amidine groups is 1. The van der Waals surface area contributed by atoms with Gasteiger partial charge in [-0.3, -0.25) is 4.90 Å². The summed E-state index contributed by atoms with van der Waals surface area (Å²) in [7, 11) is 1.63. The molecule has 0 spiro atoms. The Hall–Kier alpha value is -2.17. The summed E-state index contributed by atoms with van der Waals surface area (Å²) in [5, 5.41) is 1.14. The Balaban J connectivity index is 2.61. The van der Waals surface area contributed by atoms with Crippen LogP contribution in [0.1, 0.15) is 5.56 Å². The molecule has 0 saturated heterocycles. The van der Waals surface area contributed by atoms with E-state index in [2.05, 4.69) is 26.3 Å². The molecule has 0 radical (unpaired) electrons. The van der Waals surface area contributed by atoms with Crippen LogP contribution in [0.3, 0.4) is 0 Å². The maximum Gasteiger partial charge on any atom is 0.173 e. The number of nitrogens with zero attached hydrogens (tertiary/aromatic N) is 2. The molecule has 1 aliphatic heterocycles. The molecule has 0 atom stereocenters. The highest BCUT2D eigenvalue weighted by molar-refractivity contribution is 8.13. The van der Waals surface area contributed by atoms with Gasteiger partial charge < -0.3 is 4.74 Å². The Morgan fingerprint density at radius 1 is 1.42 bits per heavy atom. The molecule has 1 aliphatic rings. The molecular formula is C19H19ClN2OS. The number of halogens is 1. The predicted octanol–water partition coefficient (Wildman–Crippen LogP) is 5.71. The summed E-state index contributed by atoms with van der Waals surface area (Å²) in [6.07, 6.45) is 5.27. The fourth-order valence-electron chi connectivity index (χ4n) is 2.24. The fraction of sp³-hybridized carbons (Fsp3) is 0.105. The largest absolute Gasteiger partial charge is 0.497 e. The second-order valence-electron chi connectivity index (χ2n) is 4.85. The van der Waals surface area contributed by atoms with Crippen LogP contribution in [0.2, 0.25) is 0 Å². The first-order chi connectivity index (χ1) is 11.5. The van der Waals surface area contributed by atoms with E-state index in [0.717, 1.165) is 27.9 Å². The highest BCUT2D eigenvalue weighted by Crippen LogP contribution is 2.41. The second kappa shape index (κ2) is 8.08. The first kappa shape index (κ1) is 18.2. The SMILES string of the molecule is C=C/C=C(\C(=C)Cl)N1C(=C)c2cc(OC)ccc2N=C1SCC=C. The van der Waals surface area contributed by atoms with Gasteiger partial charge in [-0.1, -0.05) is 55.3 Å². The van der Waals surface area contributed by atoms with Crippen LogP contribution in [0.5, 0.6) is 5.75 Å². The van der Waals surface area contributed by atoms with E-state index in [0.29, 0.717) is 16.5 Å². The average molecular weight is 359 g/mol. The minimum absolute atomic E-state index is 0.384. The molecule has 0 aromatic heterocycles. The highest BCUT2D eigenvalue weighted by atomic mass is 35.5. The van der Waals surface area contributed by atoms with Crippen molar-refractivity contribution >= 4 is 39.9 Å². The summed E-state index contributed by atoms with van der Waals surface area (Å²) in [4.78, 5) is 6.62. The maximum absolute atomic E-state index is 6.20. The highest BCUT2D eigenvalue weighted by Gasteiger charge is 2.27. The zero-order chi connectivity index (χ0) is 17.7. The Kier molecular flexibility index (Phi) is 6.12. The first-order valence-corrected chi connectivity index (χ1v) is 8.57. The van der Waals surface area contributed by atoms with Crippen molar-refractivity contribution in [3.63, 3.8) is 0 Å². The van der Waals surface area contributed by atoms with E-state index in [1.807, 2.05) is 29.2 Å². The topological polar surface area (TPSA) is 24.8 Å². The summed E-state index contributed by atoms with van der Waals surface area (Å²) >= 11 is 7.75. The minimum Gasteiger partial charge on any atom is -0.497 e. The summed E-state index contributed by atoms with van der Waals surface area (Å²) in [6.45, 7) is 15.6. The molecule has 5 heteroatoms. The van der Waals surface area contributed by atoms with Crippen molar-refractivity contribution in [2.45, 2.75) is 0 Å². The number of ether oxygens (including phenoxy) is 1. The van der Waals surface area contributed by atoms with Gasteiger partial charge in [-0.15, -0.1) is 6.58 Å². The lowest BCUT2D eigenvalue weighted by Crippen LogP contribution is -2.29. The quantitative estimate of drug-likeness (QED) is 0.481. The third-order valence-corrected chi connectivity index (χ3v) is 4.44. The molecule has 0 bridgehead atoms. The van der Waals surface area contributed by atoms with Crippen LogP contribution in [-0.4, -0.2) is 22.9 Å². The van der Waals surface area contributed by atoms with Gasteiger partial charge in [0.25, 0.3) is 0 Å². The van der Waals surface area contributed by atoms with Crippen molar-refractivity contribution in [2.75, 3.05) is 12.9 Å². The van der Waals surface area contributed by atoms with Crippen LogP contribution in [0, 0.1) is 0 Å². The number of fused-ring (bicyclic) bond motifs is 1. The van der Waals surface area contributed by atoms with Gasteiger partial charge in [-0.25, -0.2) is 4.99 Å². The standard InChI is InChI=1S/C19H19ClN2OS/c1-6-8-18(13(3)20)22-14(4)16-12-15(23-5)9-10-17(16)21-19(22)24-11-7-2/h6-10,12H,1-4,11H2,5H3/b18-8+. The average Bonchev–Trinajstić information content (AvgIpc) is 2.58. The summed E-state index contributed by atoms with van der Waals surface area (Å²) in [5.74, 6) is 1.45. The number of aliphatic imine (C=N–C) groups is 1. The molecule has 1 aromatic rings. The minimum atomic E-state index is 0.384. The number of hydrogen-bond donors (Lipinski definition) is 0. The zero-order valence-electron chi connectivity index (χ0n) is 13.6. The number of benzene rings is 1. The lowest BCUT2D eigenvalue weighted by atomic mass is 10.1. The van der Waals surface area contributed by atoms with Gasteiger partial charge >= 0.3 is 0 Å². The van der Waals surface area contributed by atoms with Crippen LogP contribution in [0.25, 0.3) is 5.70 Å². The van der Waals surface area contributed by atoms with E-state index < -0.39 is 0 Å². The van der Waals surface area contributed by atoms with Crippen LogP contribution in [-0.2, 0) is 0 Å². The molecule has 0 amide bonds. The van der Waals surface area contributed by atoms with E-state index >= 15 is 0 Å². The van der Waals surface area contributed by atoms with E-state index in [-0.39, 0.29) is 0 Å². The van der Waals surface area contributed by atoms with Gasteiger partial charge in [0.15, 0.2) is 5.17 Å². The van der Waals surface area contributed by atoms with E-state index in [4.69, 9.17) is 21.3 Å². The van der Waals surface area contributed by atoms with E-state index in [1.165, 1.54) is 0 Å². The Morgan fingerprint density at radius 2 is 2.17 bits per heavy atom. The van der Waals surface area contributed by atoms with Crippen molar-refractivity contribution in [3.8, 4) is 5.75 Å². The number of hydrogen-bond acceptors (Lipinski definition) is 4. The Morgan fingerprint density at radius 3 is 2.75 bits per heavy atom. The molecule has 2 rings (SSSR count). The third-order valence-electron chi connectivity index (χ3n) is 3.32. The summed E-state index contributed by atoms with van der Waals surface area (Å²) in [5.41, 5.74) is 3.15. The lowest BCUT2D eigenvalue weighted by molar-refractivity contribution is 0.414. The summed E-state index contributed by atoms with van der Waals surface area (Å²) in [6, 6.07) is 5.70. The first-order valence-electron chi connectivity index (χ1n) is 7.20. The Bertz CT molecular complexity index is 765. The van der Waals surface area contributed by atoms with Crippen LogP contribution in [0.4, 0.5) is 5.69 Å². The number of allylic oxidation sites excluding steroid dienone is 3. The van der Waals surface area contributed by atoms with Crippen molar-refractivity contribution in [1.29, 1.82) is 0 Å². The Labute approximate surface area is 152 Å².